The Kier molecular flexibility index (Phi) is 3.87. The van der Waals surface area contributed by atoms with E-state index in [1.165, 1.54) is 0 Å². The van der Waals surface area contributed by atoms with Gasteiger partial charge in [-0.2, -0.15) is 13.2 Å². The highest BCUT2D eigenvalue weighted by Gasteiger charge is 2.41. The van der Waals surface area contributed by atoms with Crippen molar-refractivity contribution in [3.63, 3.8) is 0 Å². The lowest BCUT2D eigenvalue weighted by atomic mass is 9.95. The number of piperidine rings is 1. The van der Waals surface area contributed by atoms with Crippen LogP contribution in [-0.2, 0) is 0 Å². The summed E-state index contributed by atoms with van der Waals surface area (Å²) in [7, 11) is 0. The van der Waals surface area contributed by atoms with Gasteiger partial charge in [-0.25, -0.2) is 4.98 Å². The van der Waals surface area contributed by atoms with Crippen LogP contribution < -0.4 is 10.6 Å². The van der Waals surface area contributed by atoms with E-state index in [0.29, 0.717) is 11.4 Å². The third-order valence-electron chi connectivity index (χ3n) is 3.67. The minimum absolute atomic E-state index is 0.0521. The molecule has 1 aliphatic heterocycles. The van der Waals surface area contributed by atoms with Crippen molar-refractivity contribution in [3.05, 3.63) is 23.4 Å². The van der Waals surface area contributed by atoms with E-state index in [9.17, 15) is 13.2 Å². The average Bonchev–Trinajstić information content (AvgIpc) is 2.37. The number of hydrogen-bond acceptors (Lipinski definition) is 3. The molecular weight excluding hydrogens is 269 g/mol. The molecule has 1 aromatic heterocycles. The fourth-order valence-corrected chi connectivity index (χ4v) is 2.54. The number of halogens is 3. The number of anilines is 1. The summed E-state index contributed by atoms with van der Waals surface area (Å²) in [4.78, 5) is 5.98. The molecule has 3 N–H and O–H groups in total. The Hall–Kier alpha value is -1.79. The molecule has 0 amide bonds. The first-order valence-electron chi connectivity index (χ1n) is 6.42. The van der Waals surface area contributed by atoms with Gasteiger partial charge in [0, 0.05) is 19.3 Å². The molecule has 7 heteroatoms. The van der Waals surface area contributed by atoms with Crippen LogP contribution in [0.25, 0.3) is 0 Å². The fraction of sp³-hybridized carbons (Fsp3) is 0.538. The number of amidine groups is 1. The van der Waals surface area contributed by atoms with Crippen LogP contribution in [0.1, 0.15) is 24.0 Å². The highest BCUT2D eigenvalue weighted by molar-refractivity contribution is 6.01. The SMILES string of the molecule is Cc1ccnc(N2CCC(C(F)(F)F)CC2)c1C(=N)N. The van der Waals surface area contributed by atoms with Gasteiger partial charge in [-0.05, 0) is 31.4 Å². The third-order valence-corrected chi connectivity index (χ3v) is 3.67. The maximum atomic E-state index is 12.7. The van der Waals surface area contributed by atoms with E-state index < -0.39 is 12.1 Å². The van der Waals surface area contributed by atoms with Crippen LogP contribution in [0.3, 0.4) is 0 Å². The van der Waals surface area contributed by atoms with Crippen LogP contribution in [0.4, 0.5) is 19.0 Å². The van der Waals surface area contributed by atoms with Gasteiger partial charge in [0.15, 0.2) is 0 Å². The first kappa shape index (κ1) is 14.6. The Bertz CT molecular complexity index is 505. The van der Waals surface area contributed by atoms with Crippen LogP contribution in [0.15, 0.2) is 12.3 Å². The molecule has 4 nitrogen and oxygen atoms in total. The highest BCUT2D eigenvalue weighted by Crippen LogP contribution is 2.35. The number of aromatic nitrogens is 1. The van der Waals surface area contributed by atoms with Crippen molar-refractivity contribution in [2.45, 2.75) is 25.9 Å². The zero-order valence-electron chi connectivity index (χ0n) is 11.2. The van der Waals surface area contributed by atoms with E-state index in [0.717, 1.165) is 5.56 Å². The molecule has 1 aromatic rings. The van der Waals surface area contributed by atoms with Crippen LogP contribution in [-0.4, -0.2) is 30.1 Å². The molecule has 0 bridgehead atoms. The number of nitrogens with zero attached hydrogens (tertiary/aromatic N) is 2. The molecule has 1 fully saturated rings. The van der Waals surface area contributed by atoms with Gasteiger partial charge in [0.2, 0.25) is 0 Å². The van der Waals surface area contributed by atoms with Gasteiger partial charge in [-0.3, -0.25) is 5.41 Å². The molecule has 0 saturated carbocycles. The van der Waals surface area contributed by atoms with Crippen molar-refractivity contribution in [3.8, 4) is 0 Å². The zero-order chi connectivity index (χ0) is 14.9. The van der Waals surface area contributed by atoms with Gasteiger partial charge < -0.3 is 10.6 Å². The van der Waals surface area contributed by atoms with E-state index >= 15 is 0 Å². The van der Waals surface area contributed by atoms with Crippen molar-refractivity contribution < 1.29 is 13.2 Å². The summed E-state index contributed by atoms with van der Waals surface area (Å²) < 4.78 is 38.0. The highest BCUT2D eigenvalue weighted by atomic mass is 19.4. The monoisotopic (exact) mass is 286 g/mol. The summed E-state index contributed by atoms with van der Waals surface area (Å²) in [6.45, 7) is 2.37. The molecule has 0 aliphatic carbocycles. The van der Waals surface area contributed by atoms with E-state index in [2.05, 4.69) is 4.98 Å². The molecule has 1 aliphatic rings. The Morgan fingerprint density at radius 1 is 1.40 bits per heavy atom. The largest absolute Gasteiger partial charge is 0.391 e. The van der Waals surface area contributed by atoms with Gasteiger partial charge >= 0.3 is 6.18 Å². The van der Waals surface area contributed by atoms with Gasteiger partial charge in [0.05, 0.1) is 11.5 Å². The first-order chi connectivity index (χ1) is 9.30. The lowest BCUT2D eigenvalue weighted by Crippen LogP contribution is -2.40. The van der Waals surface area contributed by atoms with Gasteiger partial charge in [0.25, 0.3) is 0 Å². The predicted octanol–water partition coefficient (Wildman–Crippen LogP) is 2.45. The van der Waals surface area contributed by atoms with Gasteiger partial charge in [-0.15, -0.1) is 0 Å². The minimum atomic E-state index is -4.13. The number of nitrogens with one attached hydrogen (secondary N) is 1. The molecule has 20 heavy (non-hydrogen) atoms. The number of rotatable bonds is 2. The molecular formula is C13H17F3N4. The Balaban J connectivity index is 2.19. The number of pyridine rings is 1. The standard InChI is InChI=1S/C13H17F3N4/c1-8-2-5-19-12(10(8)11(17)18)20-6-3-9(4-7-20)13(14,15)16/h2,5,9H,3-4,6-7H2,1H3,(H3,17,18). The van der Waals surface area contributed by atoms with Crippen molar-refractivity contribution >= 4 is 11.7 Å². The molecule has 0 unspecified atom stereocenters. The normalized spacial score (nSPS) is 17.3. The lowest BCUT2D eigenvalue weighted by Gasteiger charge is -2.34. The van der Waals surface area contributed by atoms with E-state index in [4.69, 9.17) is 11.1 Å². The van der Waals surface area contributed by atoms with Crippen LogP contribution in [0, 0.1) is 18.3 Å². The predicted molar refractivity (Wildman–Crippen MR) is 71.0 cm³/mol. The Morgan fingerprint density at radius 2 is 2.00 bits per heavy atom. The average molecular weight is 286 g/mol. The molecule has 2 heterocycles. The maximum absolute atomic E-state index is 12.7. The number of alkyl halides is 3. The van der Waals surface area contributed by atoms with Crippen LogP contribution >= 0.6 is 0 Å². The van der Waals surface area contributed by atoms with Crippen LogP contribution in [0.2, 0.25) is 0 Å². The quantitative estimate of drug-likeness (QED) is 0.648. The van der Waals surface area contributed by atoms with Gasteiger partial charge in [-0.1, -0.05) is 0 Å². The zero-order valence-corrected chi connectivity index (χ0v) is 11.2. The smallest absolute Gasteiger partial charge is 0.384 e. The molecule has 0 spiro atoms. The molecule has 0 aromatic carbocycles. The second kappa shape index (κ2) is 5.30. The number of nitrogens with two attached hydrogens (primary N) is 1. The van der Waals surface area contributed by atoms with E-state index in [-0.39, 0.29) is 31.8 Å². The second-order valence-corrected chi connectivity index (χ2v) is 5.04. The van der Waals surface area contributed by atoms with Crippen molar-refractivity contribution in [1.82, 2.24) is 4.98 Å². The fourth-order valence-electron chi connectivity index (χ4n) is 2.54. The van der Waals surface area contributed by atoms with Crippen LogP contribution in [0.5, 0.6) is 0 Å². The number of hydrogen-bond donors (Lipinski definition) is 2. The van der Waals surface area contributed by atoms with E-state index in [1.54, 1.807) is 17.2 Å². The Morgan fingerprint density at radius 3 is 2.50 bits per heavy atom. The molecule has 0 radical (unpaired) electrons. The summed E-state index contributed by atoms with van der Waals surface area (Å²) in [5.41, 5.74) is 6.87. The van der Waals surface area contributed by atoms with Gasteiger partial charge in [0.1, 0.15) is 11.7 Å². The lowest BCUT2D eigenvalue weighted by molar-refractivity contribution is -0.179. The number of aryl methyl sites for hydroxylation is 1. The van der Waals surface area contributed by atoms with E-state index in [1.807, 2.05) is 6.92 Å². The van der Waals surface area contributed by atoms with Crippen molar-refractivity contribution in [1.29, 1.82) is 5.41 Å². The summed E-state index contributed by atoms with van der Waals surface area (Å²) in [5, 5.41) is 7.61. The van der Waals surface area contributed by atoms with Crippen molar-refractivity contribution in [2.24, 2.45) is 11.7 Å². The first-order valence-corrected chi connectivity index (χ1v) is 6.42. The number of nitrogen functional groups attached to an aromatic ring is 1. The third kappa shape index (κ3) is 2.86. The summed E-state index contributed by atoms with van der Waals surface area (Å²) >= 11 is 0. The Labute approximate surface area is 115 Å². The molecule has 2 rings (SSSR count). The maximum Gasteiger partial charge on any atom is 0.391 e. The summed E-state index contributed by atoms with van der Waals surface area (Å²) in [6, 6.07) is 1.74. The molecule has 0 atom stereocenters. The minimum Gasteiger partial charge on any atom is -0.384 e. The summed E-state index contributed by atoms with van der Waals surface area (Å²) in [6.07, 6.45) is -2.44. The van der Waals surface area contributed by atoms with Crippen molar-refractivity contribution in [2.75, 3.05) is 18.0 Å². The summed E-state index contributed by atoms with van der Waals surface area (Å²) in [5.74, 6) is -0.842. The topological polar surface area (TPSA) is 66.0 Å². The second-order valence-electron chi connectivity index (χ2n) is 5.04. The molecule has 110 valence electrons. The molecule has 1 saturated heterocycles.